The van der Waals surface area contributed by atoms with E-state index >= 15 is 0 Å². The molecule has 0 aliphatic heterocycles. The highest BCUT2D eigenvalue weighted by molar-refractivity contribution is 7.92. The van der Waals surface area contributed by atoms with Gasteiger partial charge in [-0.1, -0.05) is 31.2 Å². The summed E-state index contributed by atoms with van der Waals surface area (Å²) in [7, 11) is -7.27. The summed E-state index contributed by atoms with van der Waals surface area (Å²) in [5.41, 5.74) is 0.445. The van der Waals surface area contributed by atoms with E-state index in [1.165, 1.54) is 24.5 Å². The largest absolute Gasteiger partial charge is 0.264 e. The smallest absolute Gasteiger partial charge is 0.211 e. The molecule has 0 aliphatic rings. The van der Waals surface area contributed by atoms with Crippen LogP contribution in [0.4, 0.5) is 0 Å². The normalized spacial score (nSPS) is 13.5. The van der Waals surface area contributed by atoms with Gasteiger partial charge in [0.25, 0.3) is 0 Å². The van der Waals surface area contributed by atoms with Crippen molar-refractivity contribution in [1.82, 2.24) is 9.71 Å². The summed E-state index contributed by atoms with van der Waals surface area (Å²) in [6, 6.07) is 11.2. The number of hydrogen-bond donors (Lipinski definition) is 1. The van der Waals surface area contributed by atoms with Gasteiger partial charge in [0.1, 0.15) is 5.25 Å². The Hall–Kier alpha value is -1.77. The average molecular weight is 368 g/mol. The summed E-state index contributed by atoms with van der Waals surface area (Å²) >= 11 is 0. The molecule has 1 N–H and O–H groups in total. The summed E-state index contributed by atoms with van der Waals surface area (Å²) in [4.78, 5) is 4.10. The van der Waals surface area contributed by atoms with Crippen LogP contribution in [0.25, 0.3) is 0 Å². The summed E-state index contributed by atoms with van der Waals surface area (Å²) in [6.07, 6.45) is 3.44. The van der Waals surface area contributed by atoms with Gasteiger partial charge in [0.2, 0.25) is 10.0 Å². The minimum absolute atomic E-state index is 0.0435. The Bertz CT molecular complexity index is 851. The van der Waals surface area contributed by atoms with E-state index in [0.29, 0.717) is 12.0 Å². The molecule has 0 unspecified atom stereocenters. The van der Waals surface area contributed by atoms with Gasteiger partial charge in [0.15, 0.2) is 9.84 Å². The highest BCUT2D eigenvalue weighted by Gasteiger charge is 2.30. The molecular weight excluding hydrogens is 348 g/mol. The number of nitrogens with one attached hydrogen (secondary N) is 1. The number of pyridine rings is 1. The van der Waals surface area contributed by atoms with Crippen LogP contribution in [0.5, 0.6) is 0 Å². The second kappa shape index (κ2) is 7.87. The van der Waals surface area contributed by atoms with Crippen LogP contribution in [0.15, 0.2) is 59.8 Å². The van der Waals surface area contributed by atoms with Crippen molar-refractivity contribution < 1.29 is 16.8 Å². The van der Waals surface area contributed by atoms with Crippen molar-refractivity contribution in [3.63, 3.8) is 0 Å². The lowest BCUT2D eigenvalue weighted by Crippen LogP contribution is -2.33. The standard InChI is InChI=1S/C16H20N2O4S2/c1-2-11-23(19,20)18-13-16(14-7-6-10-17-12-14)24(21,22)15-8-4-3-5-9-15/h3-10,12,16,18H,2,11,13H2,1H3/t16-/m0/s1. The van der Waals surface area contributed by atoms with Crippen LogP contribution >= 0.6 is 0 Å². The Morgan fingerprint density at radius 1 is 1.04 bits per heavy atom. The molecule has 0 amide bonds. The zero-order chi connectivity index (χ0) is 17.6. The molecule has 6 nitrogen and oxygen atoms in total. The zero-order valence-electron chi connectivity index (χ0n) is 13.3. The van der Waals surface area contributed by atoms with E-state index in [1.54, 1.807) is 37.3 Å². The van der Waals surface area contributed by atoms with Crippen molar-refractivity contribution in [2.45, 2.75) is 23.5 Å². The SMILES string of the molecule is CCCS(=O)(=O)NC[C@@H](c1cccnc1)S(=O)(=O)c1ccccc1. The van der Waals surface area contributed by atoms with E-state index in [2.05, 4.69) is 9.71 Å². The Morgan fingerprint density at radius 3 is 2.33 bits per heavy atom. The molecule has 0 spiro atoms. The van der Waals surface area contributed by atoms with E-state index < -0.39 is 25.1 Å². The van der Waals surface area contributed by atoms with Gasteiger partial charge in [0.05, 0.1) is 10.6 Å². The summed E-state index contributed by atoms with van der Waals surface area (Å²) < 4.78 is 52.1. The molecule has 1 aromatic heterocycles. The average Bonchev–Trinajstić information content (AvgIpc) is 2.56. The number of benzene rings is 1. The molecule has 2 rings (SSSR count). The van der Waals surface area contributed by atoms with Crippen LogP contribution in [0.3, 0.4) is 0 Å². The molecule has 2 aromatic rings. The second-order valence-electron chi connectivity index (χ2n) is 5.30. The van der Waals surface area contributed by atoms with Gasteiger partial charge in [-0.2, -0.15) is 0 Å². The maximum Gasteiger partial charge on any atom is 0.211 e. The number of aromatic nitrogens is 1. The van der Waals surface area contributed by atoms with Crippen molar-refractivity contribution in [3.05, 3.63) is 60.4 Å². The monoisotopic (exact) mass is 368 g/mol. The maximum atomic E-state index is 12.9. The third-order valence-electron chi connectivity index (χ3n) is 3.46. The maximum absolute atomic E-state index is 12.9. The van der Waals surface area contributed by atoms with Gasteiger partial charge < -0.3 is 0 Å². The second-order valence-corrected chi connectivity index (χ2v) is 9.36. The van der Waals surface area contributed by atoms with Crippen LogP contribution in [0, 0.1) is 0 Å². The Labute approximate surface area is 142 Å². The molecule has 1 aromatic carbocycles. The van der Waals surface area contributed by atoms with E-state index in [-0.39, 0.29) is 17.2 Å². The van der Waals surface area contributed by atoms with Crippen molar-refractivity contribution in [2.75, 3.05) is 12.3 Å². The lowest BCUT2D eigenvalue weighted by Gasteiger charge is -2.18. The van der Waals surface area contributed by atoms with Gasteiger partial charge in [-0.15, -0.1) is 0 Å². The van der Waals surface area contributed by atoms with E-state index in [9.17, 15) is 16.8 Å². The molecule has 0 radical (unpaired) electrons. The minimum atomic E-state index is -3.76. The number of nitrogens with zero attached hydrogens (tertiary/aromatic N) is 1. The molecule has 130 valence electrons. The third kappa shape index (κ3) is 4.62. The van der Waals surface area contributed by atoms with Crippen molar-refractivity contribution >= 4 is 19.9 Å². The first-order valence-corrected chi connectivity index (χ1v) is 10.7. The minimum Gasteiger partial charge on any atom is -0.264 e. The van der Waals surface area contributed by atoms with Crippen LogP contribution in [-0.2, 0) is 19.9 Å². The number of sulfonamides is 1. The van der Waals surface area contributed by atoms with Crippen LogP contribution < -0.4 is 4.72 Å². The molecule has 0 saturated heterocycles. The third-order valence-corrected chi connectivity index (χ3v) is 7.13. The molecule has 8 heteroatoms. The van der Waals surface area contributed by atoms with Crippen molar-refractivity contribution in [3.8, 4) is 0 Å². The summed E-state index contributed by atoms with van der Waals surface area (Å²) in [5.74, 6) is -0.0435. The Morgan fingerprint density at radius 2 is 1.75 bits per heavy atom. The fraction of sp³-hybridized carbons (Fsp3) is 0.312. The van der Waals surface area contributed by atoms with Gasteiger partial charge >= 0.3 is 0 Å². The lowest BCUT2D eigenvalue weighted by molar-refractivity contribution is 0.568. The summed E-state index contributed by atoms with van der Waals surface area (Å²) in [6.45, 7) is 1.52. The molecular formula is C16H20N2O4S2. The van der Waals surface area contributed by atoms with Gasteiger partial charge in [-0.25, -0.2) is 21.6 Å². The van der Waals surface area contributed by atoms with Crippen LogP contribution in [-0.4, -0.2) is 34.1 Å². The predicted octanol–water partition coefficient (Wildman–Crippen LogP) is 1.93. The van der Waals surface area contributed by atoms with Crippen LogP contribution in [0.2, 0.25) is 0 Å². The Kier molecular flexibility index (Phi) is 6.09. The number of hydrogen-bond acceptors (Lipinski definition) is 5. The number of sulfone groups is 1. The molecule has 1 heterocycles. The van der Waals surface area contributed by atoms with Crippen LogP contribution in [0.1, 0.15) is 24.2 Å². The molecule has 0 fully saturated rings. The first kappa shape index (κ1) is 18.6. The number of rotatable bonds is 8. The molecule has 24 heavy (non-hydrogen) atoms. The highest BCUT2D eigenvalue weighted by atomic mass is 32.2. The van der Waals surface area contributed by atoms with Crippen molar-refractivity contribution in [1.29, 1.82) is 0 Å². The van der Waals surface area contributed by atoms with Crippen molar-refractivity contribution in [2.24, 2.45) is 0 Å². The Balaban J connectivity index is 2.38. The first-order valence-electron chi connectivity index (χ1n) is 7.53. The molecule has 0 saturated carbocycles. The quantitative estimate of drug-likeness (QED) is 0.768. The fourth-order valence-corrected chi connectivity index (χ4v) is 5.16. The predicted molar refractivity (Wildman–Crippen MR) is 92.7 cm³/mol. The molecule has 1 atom stereocenters. The highest BCUT2D eigenvalue weighted by Crippen LogP contribution is 2.28. The molecule has 0 aliphatic carbocycles. The van der Waals surface area contributed by atoms with Gasteiger partial charge in [-0.3, -0.25) is 4.98 Å². The topological polar surface area (TPSA) is 93.2 Å². The molecule has 0 bridgehead atoms. The zero-order valence-corrected chi connectivity index (χ0v) is 14.9. The van der Waals surface area contributed by atoms with Gasteiger partial charge in [-0.05, 0) is 30.2 Å². The first-order chi connectivity index (χ1) is 11.4. The van der Waals surface area contributed by atoms with E-state index in [0.717, 1.165) is 0 Å². The fourth-order valence-electron chi connectivity index (χ4n) is 2.29. The van der Waals surface area contributed by atoms with E-state index in [4.69, 9.17) is 0 Å². The van der Waals surface area contributed by atoms with E-state index in [1.807, 2.05) is 0 Å². The van der Waals surface area contributed by atoms with Gasteiger partial charge in [0, 0.05) is 18.9 Å². The summed E-state index contributed by atoms with van der Waals surface area (Å²) in [5, 5.41) is -1.04. The lowest BCUT2D eigenvalue weighted by atomic mass is 10.2.